The number of hydrogen-bond acceptors (Lipinski definition) is 6. The number of nitrogens with zero attached hydrogens (tertiary/aromatic N) is 2. The van der Waals surface area contributed by atoms with Gasteiger partial charge in [0.2, 0.25) is 0 Å². The molecule has 3 aromatic rings. The minimum atomic E-state index is -0.492. The number of thiophene rings is 1. The molecule has 1 aliphatic rings. The first-order valence-electron chi connectivity index (χ1n) is 10.2. The minimum absolute atomic E-state index is 0.00163. The van der Waals surface area contributed by atoms with Gasteiger partial charge in [-0.25, -0.2) is 0 Å². The van der Waals surface area contributed by atoms with Crippen molar-refractivity contribution in [2.45, 2.75) is 18.9 Å². The molecule has 0 bridgehead atoms. The second-order valence-electron chi connectivity index (χ2n) is 7.53. The Kier molecular flexibility index (Phi) is 6.46. The van der Waals surface area contributed by atoms with Crippen LogP contribution >= 0.6 is 11.3 Å². The Morgan fingerprint density at radius 2 is 1.78 bits per heavy atom. The minimum Gasteiger partial charge on any atom is -0.350 e. The SMILES string of the molecule is O=C(NC1CCN(C(=O)c2ccc(Nc3ccccc3)c([N+](=O)[O-])c2)CC1)c1ccsc1. The zero-order valence-electron chi connectivity index (χ0n) is 17.2. The van der Waals surface area contributed by atoms with E-state index in [-0.39, 0.29) is 29.1 Å². The first kappa shape index (κ1) is 21.5. The highest BCUT2D eigenvalue weighted by molar-refractivity contribution is 7.08. The summed E-state index contributed by atoms with van der Waals surface area (Å²) in [5.41, 5.74) is 1.81. The van der Waals surface area contributed by atoms with Gasteiger partial charge in [0.25, 0.3) is 17.5 Å². The third-order valence-electron chi connectivity index (χ3n) is 5.39. The summed E-state index contributed by atoms with van der Waals surface area (Å²) >= 11 is 1.47. The second-order valence-corrected chi connectivity index (χ2v) is 8.31. The van der Waals surface area contributed by atoms with Crippen LogP contribution in [0.15, 0.2) is 65.4 Å². The van der Waals surface area contributed by atoms with Crippen LogP contribution < -0.4 is 10.6 Å². The van der Waals surface area contributed by atoms with Gasteiger partial charge in [0.1, 0.15) is 5.69 Å². The number of anilines is 2. The van der Waals surface area contributed by atoms with Gasteiger partial charge in [-0.1, -0.05) is 18.2 Å². The number of para-hydroxylation sites is 1. The van der Waals surface area contributed by atoms with Crippen LogP contribution in [0, 0.1) is 10.1 Å². The fraction of sp³-hybridized carbons (Fsp3) is 0.217. The molecule has 1 aliphatic heterocycles. The van der Waals surface area contributed by atoms with Crippen LogP contribution in [0.2, 0.25) is 0 Å². The topological polar surface area (TPSA) is 105 Å². The van der Waals surface area contributed by atoms with Crippen LogP contribution in [-0.2, 0) is 0 Å². The molecule has 0 aliphatic carbocycles. The second kappa shape index (κ2) is 9.61. The average Bonchev–Trinajstić information content (AvgIpc) is 3.35. The number of carbonyl (C=O) groups excluding carboxylic acids is 2. The molecule has 1 saturated heterocycles. The maximum atomic E-state index is 13.0. The number of rotatable bonds is 6. The summed E-state index contributed by atoms with van der Waals surface area (Å²) in [6, 6.07) is 15.4. The van der Waals surface area contributed by atoms with Crippen LogP contribution in [0.25, 0.3) is 0 Å². The highest BCUT2D eigenvalue weighted by Gasteiger charge is 2.26. The van der Waals surface area contributed by atoms with Crippen molar-refractivity contribution >= 4 is 40.2 Å². The molecular formula is C23H22N4O4S. The molecule has 2 aromatic carbocycles. The van der Waals surface area contributed by atoms with E-state index in [1.54, 1.807) is 28.5 Å². The third-order valence-corrected chi connectivity index (χ3v) is 6.08. The molecule has 164 valence electrons. The van der Waals surface area contributed by atoms with Crippen molar-refractivity contribution in [3.8, 4) is 0 Å². The smallest absolute Gasteiger partial charge is 0.293 e. The molecule has 0 spiro atoms. The van der Waals surface area contributed by atoms with Gasteiger partial charge < -0.3 is 15.5 Å². The highest BCUT2D eigenvalue weighted by Crippen LogP contribution is 2.29. The van der Waals surface area contributed by atoms with E-state index in [1.165, 1.54) is 17.4 Å². The average molecular weight is 451 g/mol. The van der Waals surface area contributed by atoms with Crippen LogP contribution in [0.5, 0.6) is 0 Å². The summed E-state index contributed by atoms with van der Waals surface area (Å²) in [6.07, 6.45) is 1.27. The van der Waals surface area contributed by atoms with Gasteiger partial charge in [0, 0.05) is 47.4 Å². The Hall–Kier alpha value is -3.72. The van der Waals surface area contributed by atoms with E-state index >= 15 is 0 Å². The summed E-state index contributed by atoms with van der Waals surface area (Å²) < 4.78 is 0. The van der Waals surface area contributed by atoms with Gasteiger partial charge in [-0.3, -0.25) is 19.7 Å². The number of hydrogen-bond donors (Lipinski definition) is 2. The quantitative estimate of drug-likeness (QED) is 0.427. The Balaban J connectivity index is 1.40. The number of nitrogens with one attached hydrogen (secondary N) is 2. The molecule has 8 nitrogen and oxygen atoms in total. The molecule has 1 aromatic heterocycles. The molecule has 1 fully saturated rings. The lowest BCUT2D eigenvalue weighted by Crippen LogP contribution is -2.46. The zero-order chi connectivity index (χ0) is 22.5. The Morgan fingerprint density at radius 3 is 2.44 bits per heavy atom. The first-order valence-corrected chi connectivity index (χ1v) is 11.2. The van der Waals surface area contributed by atoms with Crippen molar-refractivity contribution in [3.05, 3.63) is 86.6 Å². The van der Waals surface area contributed by atoms with Crippen molar-refractivity contribution in [3.63, 3.8) is 0 Å². The molecule has 2 amide bonds. The molecule has 2 N–H and O–H groups in total. The van der Waals surface area contributed by atoms with E-state index in [9.17, 15) is 19.7 Å². The highest BCUT2D eigenvalue weighted by atomic mass is 32.1. The van der Waals surface area contributed by atoms with Gasteiger partial charge in [0.15, 0.2) is 0 Å². The molecule has 0 unspecified atom stereocenters. The van der Waals surface area contributed by atoms with Crippen LogP contribution in [0.3, 0.4) is 0 Å². The Morgan fingerprint density at radius 1 is 1.03 bits per heavy atom. The Bertz CT molecular complexity index is 1110. The van der Waals surface area contributed by atoms with Crippen LogP contribution in [-0.4, -0.2) is 40.8 Å². The maximum Gasteiger partial charge on any atom is 0.293 e. The fourth-order valence-corrected chi connectivity index (χ4v) is 4.31. The summed E-state index contributed by atoms with van der Waals surface area (Å²) in [7, 11) is 0. The number of piperidine rings is 1. The lowest BCUT2D eigenvalue weighted by molar-refractivity contribution is -0.383. The van der Waals surface area contributed by atoms with E-state index in [2.05, 4.69) is 10.6 Å². The summed E-state index contributed by atoms with van der Waals surface area (Å²) in [5, 5.41) is 21.3. The van der Waals surface area contributed by atoms with E-state index in [0.29, 0.717) is 37.2 Å². The molecule has 0 radical (unpaired) electrons. The molecular weight excluding hydrogens is 428 g/mol. The van der Waals surface area contributed by atoms with Crippen molar-refractivity contribution in [2.75, 3.05) is 18.4 Å². The Labute approximate surface area is 189 Å². The van der Waals surface area contributed by atoms with Crippen molar-refractivity contribution < 1.29 is 14.5 Å². The number of carbonyl (C=O) groups is 2. The predicted molar refractivity (Wildman–Crippen MR) is 124 cm³/mol. The van der Waals surface area contributed by atoms with Crippen LogP contribution in [0.1, 0.15) is 33.6 Å². The standard InChI is InChI=1S/C23H22N4O4S/c28-22(17-10-13-32-15-17)25-19-8-11-26(12-9-19)23(29)16-6-7-20(21(14-16)27(30)31)24-18-4-2-1-3-5-18/h1-7,10,13-15,19,24H,8-9,11-12H2,(H,25,28). The fourth-order valence-electron chi connectivity index (χ4n) is 3.67. The molecule has 0 atom stereocenters. The van der Waals surface area contributed by atoms with Crippen molar-refractivity contribution in [1.29, 1.82) is 0 Å². The summed E-state index contributed by atoms with van der Waals surface area (Å²) in [4.78, 5) is 38.0. The predicted octanol–water partition coefficient (Wildman–Crippen LogP) is 4.43. The van der Waals surface area contributed by atoms with Gasteiger partial charge >= 0.3 is 0 Å². The molecule has 2 heterocycles. The van der Waals surface area contributed by atoms with E-state index in [4.69, 9.17) is 0 Å². The van der Waals surface area contributed by atoms with Gasteiger partial charge in [-0.15, -0.1) is 0 Å². The van der Waals surface area contributed by atoms with E-state index in [1.807, 2.05) is 35.7 Å². The van der Waals surface area contributed by atoms with Crippen molar-refractivity contribution in [1.82, 2.24) is 10.2 Å². The number of amides is 2. The normalized spacial score (nSPS) is 14.1. The maximum absolute atomic E-state index is 13.0. The van der Waals surface area contributed by atoms with Gasteiger partial charge in [0.05, 0.1) is 4.92 Å². The third kappa shape index (κ3) is 4.94. The lowest BCUT2D eigenvalue weighted by atomic mass is 10.0. The number of likely N-dealkylation sites (tertiary alicyclic amines) is 1. The summed E-state index contributed by atoms with van der Waals surface area (Å²) in [6.45, 7) is 0.955. The largest absolute Gasteiger partial charge is 0.350 e. The number of nitro benzene ring substituents is 1. The van der Waals surface area contributed by atoms with Gasteiger partial charge in [-0.2, -0.15) is 11.3 Å². The monoisotopic (exact) mass is 450 g/mol. The van der Waals surface area contributed by atoms with Crippen molar-refractivity contribution in [2.24, 2.45) is 0 Å². The van der Waals surface area contributed by atoms with Gasteiger partial charge in [-0.05, 0) is 48.6 Å². The first-order chi connectivity index (χ1) is 15.5. The number of benzene rings is 2. The lowest BCUT2D eigenvalue weighted by Gasteiger charge is -2.32. The van der Waals surface area contributed by atoms with E-state index in [0.717, 1.165) is 5.69 Å². The molecule has 0 saturated carbocycles. The molecule has 32 heavy (non-hydrogen) atoms. The number of nitro groups is 1. The zero-order valence-corrected chi connectivity index (χ0v) is 18.0. The molecule has 4 rings (SSSR count). The molecule has 9 heteroatoms. The van der Waals surface area contributed by atoms with Crippen LogP contribution in [0.4, 0.5) is 17.1 Å². The van der Waals surface area contributed by atoms with E-state index < -0.39 is 4.92 Å². The summed E-state index contributed by atoms with van der Waals surface area (Å²) in [5.74, 6) is -0.352.